The number of nitrogens with one attached hydrogen (secondary N) is 1. The summed E-state index contributed by atoms with van der Waals surface area (Å²) in [7, 11) is 0. The molecule has 0 radical (unpaired) electrons. The number of hydrogen-bond donors (Lipinski definition) is 3. The Morgan fingerprint density at radius 1 is 1.18 bits per heavy atom. The summed E-state index contributed by atoms with van der Waals surface area (Å²) < 4.78 is 7.25. The number of nitrogens with two attached hydrogens (primary N) is 1. The van der Waals surface area contributed by atoms with E-state index in [2.05, 4.69) is 46.5 Å². The van der Waals surface area contributed by atoms with Crippen LogP contribution in [0.25, 0.3) is 11.0 Å². The Labute approximate surface area is 200 Å². The van der Waals surface area contributed by atoms with Crippen LogP contribution in [-0.4, -0.2) is 63.8 Å². The Balaban J connectivity index is 1.24. The number of aliphatic hydroxyl groups is 1. The second-order valence-electron chi connectivity index (χ2n) is 9.83. The lowest BCUT2D eigenvalue weighted by molar-refractivity contribution is -0.167. The van der Waals surface area contributed by atoms with Gasteiger partial charge in [-0.3, -0.25) is 4.68 Å². The van der Waals surface area contributed by atoms with Crippen LogP contribution < -0.4 is 16.0 Å². The van der Waals surface area contributed by atoms with Crippen LogP contribution in [0.4, 0.5) is 11.8 Å². The van der Waals surface area contributed by atoms with Crippen molar-refractivity contribution in [3.63, 3.8) is 0 Å². The zero-order valence-corrected chi connectivity index (χ0v) is 19.9. The first-order valence-electron chi connectivity index (χ1n) is 12.3. The number of rotatable bonds is 11. The molecule has 9 nitrogen and oxygen atoms in total. The Bertz CT molecular complexity index is 1100. The number of unbranched alkanes of at least 4 members (excludes halogenated alkanes) is 1. The molecular weight excluding hydrogens is 430 g/mol. The molecule has 0 atom stereocenters. The topological polar surface area (TPSA) is 114 Å². The predicted molar refractivity (Wildman–Crippen MR) is 133 cm³/mol. The summed E-state index contributed by atoms with van der Waals surface area (Å²) in [5.74, 6) is 0.914. The molecule has 1 saturated heterocycles. The number of hydrogen-bond acceptors (Lipinski definition) is 8. The fraction of sp³-hybridized carbons (Fsp3) is 0.560. The lowest BCUT2D eigenvalue weighted by atomic mass is 9.64. The number of nitrogen functional groups attached to an aromatic ring is 1. The van der Waals surface area contributed by atoms with Gasteiger partial charge >= 0.3 is 0 Å². The number of fused-ring (bicyclic) bond motifs is 1. The minimum Gasteiger partial charge on any atom is -0.395 e. The van der Waals surface area contributed by atoms with Crippen molar-refractivity contribution < 1.29 is 9.84 Å². The molecule has 1 aliphatic heterocycles. The van der Waals surface area contributed by atoms with Gasteiger partial charge in [0.15, 0.2) is 11.3 Å². The number of anilines is 2. The van der Waals surface area contributed by atoms with Crippen LogP contribution in [0.1, 0.15) is 43.7 Å². The highest BCUT2D eigenvalue weighted by Gasteiger charge is 2.49. The first-order chi connectivity index (χ1) is 16.6. The van der Waals surface area contributed by atoms with Crippen LogP contribution in [-0.2, 0) is 17.8 Å². The first kappa shape index (κ1) is 23.0. The van der Waals surface area contributed by atoms with Gasteiger partial charge in [-0.25, -0.2) is 4.98 Å². The molecule has 3 aromatic rings. The quantitative estimate of drug-likeness (QED) is 0.395. The Morgan fingerprint density at radius 3 is 2.62 bits per heavy atom. The van der Waals surface area contributed by atoms with Gasteiger partial charge < -0.3 is 25.8 Å². The Hall–Kier alpha value is -2.75. The maximum absolute atomic E-state index is 9.53. The molecule has 2 fully saturated rings. The summed E-state index contributed by atoms with van der Waals surface area (Å²) in [6, 6.07) is 9.30. The standard InChI is InChI=1S/C25H35N7O2/c1-2-3-8-31(9-10-33)23-22-21(28-24(26)29-23)15-32(30-22)14-19-6-4-18(5-7-19)13-27-20-11-25(12-20)16-34-17-25/h4-7,15,20,27,33H,2-3,8-14,16-17H2,1H3,(H2,26,28). The van der Waals surface area contributed by atoms with E-state index in [1.165, 1.54) is 24.0 Å². The fourth-order valence-electron chi connectivity index (χ4n) is 5.02. The van der Waals surface area contributed by atoms with E-state index in [1.54, 1.807) is 0 Å². The van der Waals surface area contributed by atoms with Crippen LogP contribution in [0, 0.1) is 5.41 Å². The number of aromatic nitrogens is 4. The molecule has 2 aliphatic rings. The maximum Gasteiger partial charge on any atom is 0.222 e. The second kappa shape index (κ2) is 9.85. The van der Waals surface area contributed by atoms with Gasteiger partial charge in [0.05, 0.1) is 32.6 Å². The van der Waals surface area contributed by atoms with Gasteiger partial charge in [0.25, 0.3) is 0 Å². The van der Waals surface area contributed by atoms with Crippen molar-refractivity contribution >= 4 is 22.8 Å². The Kier molecular flexibility index (Phi) is 6.67. The monoisotopic (exact) mass is 465 g/mol. The van der Waals surface area contributed by atoms with Crippen molar-refractivity contribution in [2.75, 3.05) is 43.5 Å². The SMILES string of the molecule is CCCCN(CCO)c1nc(N)nc2cn(Cc3ccc(CNC4CC5(COC5)C4)cc3)nc12. The summed E-state index contributed by atoms with van der Waals surface area (Å²) in [6.07, 6.45) is 6.45. The van der Waals surface area contributed by atoms with Crippen molar-refractivity contribution in [1.82, 2.24) is 25.1 Å². The third kappa shape index (κ3) is 4.87. The number of ether oxygens (including phenoxy) is 1. The smallest absolute Gasteiger partial charge is 0.222 e. The third-order valence-corrected chi connectivity index (χ3v) is 7.00. The van der Waals surface area contributed by atoms with E-state index >= 15 is 0 Å². The highest BCUT2D eigenvalue weighted by atomic mass is 16.5. The van der Waals surface area contributed by atoms with Crippen molar-refractivity contribution in [2.45, 2.75) is 51.7 Å². The van der Waals surface area contributed by atoms with Crippen molar-refractivity contribution in [3.8, 4) is 0 Å². The Morgan fingerprint density at radius 2 is 1.94 bits per heavy atom. The second-order valence-corrected chi connectivity index (χ2v) is 9.83. The van der Waals surface area contributed by atoms with Crippen LogP contribution in [0.3, 0.4) is 0 Å². The van der Waals surface area contributed by atoms with Gasteiger partial charge in [0, 0.05) is 31.1 Å². The molecule has 1 aliphatic carbocycles. The molecule has 0 bridgehead atoms. The predicted octanol–water partition coefficient (Wildman–Crippen LogP) is 2.32. The minimum atomic E-state index is 0.0487. The fourth-order valence-corrected chi connectivity index (χ4v) is 5.02. The summed E-state index contributed by atoms with van der Waals surface area (Å²) in [4.78, 5) is 10.9. The van der Waals surface area contributed by atoms with Gasteiger partial charge in [-0.05, 0) is 30.4 Å². The molecule has 1 saturated carbocycles. The lowest BCUT2D eigenvalue weighted by Crippen LogP contribution is -2.58. The van der Waals surface area contributed by atoms with Crippen LogP contribution in [0.5, 0.6) is 0 Å². The van der Waals surface area contributed by atoms with Gasteiger partial charge in [-0.1, -0.05) is 37.6 Å². The molecule has 1 aromatic carbocycles. The van der Waals surface area contributed by atoms with Crippen molar-refractivity contribution in [3.05, 3.63) is 41.6 Å². The van der Waals surface area contributed by atoms with Gasteiger partial charge in [0.1, 0.15) is 5.52 Å². The van der Waals surface area contributed by atoms with Crippen LogP contribution in [0.2, 0.25) is 0 Å². The molecular formula is C25H35N7O2. The molecule has 5 rings (SSSR count). The molecule has 182 valence electrons. The molecule has 4 N–H and O–H groups in total. The van der Waals surface area contributed by atoms with E-state index in [0.29, 0.717) is 30.4 Å². The van der Waals surface area contributed by atoms with Crippen LogP contribution in [0.15, 0.2) is 30.5 Å². The van der Waals surface area contributed by atoms with Gasteiger partial charge in [-0.15, -0.1) is 0 Å². The highest BCUT2D eigenvalue weighted by molar-refractivity contribution is 5.86. The van der Waals surface area contributed by atoms with Crippen molar-refractivity contribution in [1.29, 1.82) is 0 Å². The zero-order valence-electron chi connectivity index (χ0n) is 19.9. The largest absolute Gasteiger partial charge is 0.395 e. The van der Waals surface area contributed by atoms with E-state index < -0.39 is 0 Å². The van der Waals surface area contributed by atoms with E-state index in [0.717, 1.165) is 50.2 Å². The molecule has 0 unspecified atom stereocenters. The van der Waals surface area contributed by atoms with E-state index in [1.807, 2.05) is 15.8 Å². The van der Waals surface area contributed by atoms with Crippen molar-refractivity contribution in [2.24, 2.45) is 5.41 Å². The lowest BCUT2D eigenvalue weighted by Gasteiger charge is -2.53. The maximum atomic E-state index is 9.53. The number of benzene rings is 1. The summed E-state index contributed by atoms with van der Waals surface area (Å²) in [5, 5.41) is 18.0. The van der Waals surface area contributed by atoms with Crippen LogP contribution >= 0.6 is 0 Å². The summed E-state index contributed by atoms with van der Waals surface area (Å²) in [6.45, 7) is 6.90. The van der Waals surface area contributed by atoms with Gasteiger partial charge in [-0.2, -0.15) is 10.1 Å². The molecule has 3 heterocycles. The average Bonchev–Trinajstić information content (AvgIpc) is 3.17. The average molecular weight is 466 g/mol. The molecule has 9 heteroatoms. The van der Waals surface area contributed by atoms with E-state index in [4.69, 9.17) is 15.6 Å². The van der Waals surface area contributed by atoms with E-state index in [-0.39, 0.29) is 12.6 Å². The molecule has 1 spiro atoms. The molecule has 0 amide bonds. The normalized spacial score (nSPS) is 17.1. The van der Waals surface area contributed by atoms with E-state index in [9.17, 15) is 5.11 Å². The first-order valence-corrected chi connectivity index (χ1v) is 12.3. The third-order valence-electron chi connectivity index (χ3n) is 7.00. The molecule has 2 aromatic heterocycles. The zero-order chi connectivity index (χ0) is 23.5. The van der Waals surface area contributed by atoms with Gasteiger partial charge in [0.2, 0.25) is 5.95 Å². The molecule has 34 heavy (non-hydrogen) atoms. The highest BCUT2D eigenvalue weighted by Crippen LogP contribution is 2.46. The minimum absolute atomic E-state index is 0.0487. The number of nitrogens with zero attached hydrogens (tertiary/aromatic N) is 5. The summed E-state index contributed by atoms with van der Waals surface area (Å²) >= 11 is 0. The summed E-state index contributed by atoms with van der Waals surface area (Å²) in [5.41, 5.74) is 10.4. The number of aliphatic hydroxyl groups excluding tert-OH is 1.